The van der Waals surface area contributed by atoms with Gasteiger partial charge in [0.05, 0.1) is 5.69 Å². The molecule has 1 N–H and O–H groups in total. The summed E-state index contributed by atoms with van der Waals surface area (Å²) in [6.07, 6.45) is 1.32. The van der Waals surface area contributed by atoms with Crippen LogP contribution < -0.4 is 5.32 Å². The van der Waals surface area contributed by atoms with Crippen LogP contribution in [0.5, 0.6) is 0 Å². The van der Waals surface area contributed by atoms with E-state index in [1.165, 1.54) is 18.2 Å². The number of nitrogens with one attached hydrogen (secondary N) is 1. The third-order valence-corrected chi connectivity index (χ3v) is 3.50. The molecule has 108 valence electrons. The molecule has 0 aliphatic carbocycles. The standard InChI is InChI=1S/C15H19F2N3/c1-4-10-8-11(20(3)19-10)9-14(18-2)15-12(16)6-5-7-13(15)17/h5-8,14,18H,4,9H2,1-3H3. The lowest BCUT2D eigenvalue weighted by Gasteiger charge is -2.18. The van der Waals surface area contributed by atoms with Gasteiger partial charge < -0.3 is 5.32 Å². The van der Waals surface area contributed by atoms with E-state index in [1.807, 2.05) is 20.0 Å². The number of hydrogen-bond acceptors (Lipinski definition) is 2. The van der Waals surface area contributed by atoms with E-state index in [4.69, 9.17) is 0 Å². The van der Waals surface area contributed by atoms with Crippen LogP contribution >= 0.6 is 0 Å². The van der Waals surface area contributed by atoms with Crippen molar-refractivity contribution < 1.29 is 8.78 Å². The van der Waals surface area contributed by atoms with E-state index in [9.17, 15) is 8.78 Å². The first-order valence-electron chi connectivity index (χ1n) is 6.69. The number of benzene rings is 1. The molecular formula is C15H19F2N3. The van der Waals surface area contributed by atoms with E-state index in [1.54, 1.807) is 11.7 Å². The summed E-state index contributed by atoms with van der Waals surface area (Å²) >= 11 is 0. The fourth-order valence-corrected chi connectivity index (χ4v) is 2.34. The molecule has 1 aromatic carbocycles. The molecule has 1 aromatic heterocycles. The Morgan fingerprint density at radius 1 is 1.30 bits per heavy atom. The number of rotatable bonds is 5. The Kier molecular flexibility index (Phi) is 4.49. The van der Waals surface area contributed by atoms with Crippen molar-refractivity contribution in [2.75, 3.05) is 7.05 Å². The molecule has 0 fully saturated rings. The van der Waals surface area contributed by atoms with Crippen molar-refractivity contribution in [3.63, 3.8) is 0 Å². The second-order valence-corrected chi connectivity index (χ2v) is 4.78. The molecule has 1 heterocycles. The summed E-state index contributed by atoms with van der Waals surface area (Å²) in [4.78, 5) is 0. The van der Waals surface area contributed by atoms with Crippen molar-refractivity contribution in [1.82, 2.24) is 15.1 Å². The molecule has 1 unspecified atom stereocenters. The molecule has 0 spiro atoms. The molecule has 5 heteroatoms. The molecule has 20 heavy (non-hydrogen) atoms. The van der Waals surface area contributed by atoms with Crippen molar-refractivity contribution in [3.05, 3.63) is 52.9 Å². The lowest BCUT2D eigenvalue weighted by atomic mass is 10.0. The van der Waals surface area contributed by atoms with Crippen LogP contribution in [0, 0.1) is 11.6 Å². The van der Waals surface area contributed by atoms with E-state index >= 15 is 0 Å². The largest absolute Gasteiger partial charge is 0.312 e. The molecule has 0 aliphatic rings. The quantitative estimate of drug-likeness (QED) is 0.912. The Bertz CT molecular complexity index is 573. The smallest absolute Gasteiger partial charge is 0.130 e. The van der Waals surface area contributed by atoms with Crippen molar-refractivity contribution in [2.45, 2.75) is 25.8 Å². The SMILES string of the molecule is CCc1cc(CC(NC)c2c(F)cccc2F)n(C)n1. The van der Waals surface area contributed by atoms with Gasteiger partial charge in [0.25, 0.3) is 0 Å². The summed E-state index contributed by atoms with van der Waals surface area (Å²) in [6, 6.07) is 5.49. The fraction of sp³-hybridized carbons (Fsp3) is 0.400. The number of likely N-dealkylation sites (N-methyl/N-ethyl adjacent to an activating group) is 1. The van der Waals surface area contributed by atoms with Crippen LogP contribution in [0.2, 0.25) is 0 Å². The number of aryl methyl sites for hydroxylation is 2. The highest BCUT2D eigenvalue weighted by atomic mass is 19.1. The van der Waals surface area contributed by atoms with Crippen molar-refractivity contribution >= 4 is 0 Å². The number of nitrogens with zero attached hydrogens (tertiary/aromatic N) is 2. The van der Waals surface area contributed by atoms with Gasteiger partial charge in [0.2, 0.25) is 0 Å². The van der Waals surface area contributed by atoms with E-state index in [2.05, 4.69) is 10.4 Å². The first-order chi connectivity index (χ1) is 9.56. The second-order valence-electron chi connectivity index (χ2n) is 4.78. The zero-order valence-electron chi connectivity index (χ0n) is 12.0. The normalized spacial score (nSPS) is 12.7. The average molecular weight is 279 g/mol. The summed E-state index contributed by atoms with van der Waals surface area (Å²) < 4.78 is 29.5. The highest BCUT2D eigenvalue weighted by Gasteiger charge is 2.20. The molecule has 2 aromatic rings. The molecule has 2 rings (SSSR count). The van der Waals surface area contributed by atoms with Crippen molar-refractivity contribution in [1.29, 1.82) is 0 Å². The average Bonchev–Trinajstić information content (AvgIpc) is 2.78. The van der Waals surface area contributed by atoms with Crippen LogP contribution in [-0.4, -0.2) is 16.8 Å². The van der Waals surface area contributed by atoms with Crippen LogP contribution in [0.1, 0.15) is 29.9 Å². The van der Waals surface area contributed by atoms with Crippen molar-refractivity contribution in [2.24, 2.45) is 7.05 Å². The first kappa shape index (κ1) is 14.7. The number of halogens is 2. The summed E-state index contributed by atoms with van der Waals surface area (Å²) in [6.45, 7) is 2.03. The Balaban J connectivity index is 2.31. The van der Waals surface area contributed by atoms with Crippen LogP contribution in [0.15, 0.2) is 24.3 Å². The minimum absolute atomic E-state index is 0.0780. The van der Waals surface area contributed by atoms with E-state index in [-0.39, 0.29) is 5.56 Å². The third-order valence-electron chi connectivity index (χ3n) is 3.50. The number of hydrogen-bond donors (Lipinski definition) is 1. The zero-order chi connectivity index (χ0) is 14.7. The highest BCUT2D eigenvalue weighted by molar-refractivity contribution is 5.25. The van der Waals surface area contributed by atoms with Crippen LogP contribution in [-0.2, 0) is 19.9 Å². The number of aromatic nitrogens is 2. The van der Waals surface area contributed by atoms with Gasteiger partial charge >= 0.3 is 0 Å². The predicted octanol–water partition coefficient (Wildman–Crippen LogP) is 2.76. The van der Waals surface area contributed by atoms with E-state index in [0.717, 1.165) is 17.8 Å². The Morgan fingerprint density at radius 2 is 1.95 bits per heavy atom. The van der Waals surface area contributed by atoms with E-state index < -0.39 is 17.7 Å². The van der Waals surface area contributed by atoms with Crippen LogP contribution in [0.25, 0.3) is 0 Å². The van der Waals surface area contributed by atoms with Gasteiger partial charge in [-0.2, -0.15) is 5.10 Å². The lowest BCUT2D eigenvalue weighted by molar-refractivity contribution is 0.480. The maximum Gasteiger partial charge on any atom is 0.130 e. The molecule has 0 bridgehead atoms. The Labute approximate surface area is 117 Å². The monoisotopic (exact) mass is 279 g/mol. The summed E-state index contributed by atoms with van der Waals surface area (Å²) in [7, 11) is 3.55. The highest BCUT2D eigenvalue weighted by Crippen LogP contribution is 2.24. The fourth-order valence-electron chi connectivity index (χ4n) is 2.34. The van der Waals surface area contributed by atoms with Crippen molar-refractivity contribution in [3.8, 4) is 0 Å². The van der Waals surface area contributed by atoms with Gasteiger partial charge in [-0.1, -0.05) is 13.0 Å². The molecule has 1 atom stereocenters. The lowest BCUT2D eigenvalue weighted by Crippen LogP contribution is -2.22. The minimum atomic E-state index is -0.526. The molecule has 0 aliphatic heterocycles. The third kappa shape index (κ3) is 2.88. The topological polar surface area (TPSA) is 29.9 Å². The minimum Gasteiger partial charge on any atom is -0.312 e. The van der Waals surface area contributed by atoms with Gasteiger partial charge in [-0.15, -0.1) is 0 Å². The molecule has 0 saturated carbocycles. The maximum atomic E-state index is 13.9. The van der Waals surface area contributed by atoms with Gasteiger partial charge in [-0.05, 0) is 31.7 Å². The zero-order valence-corrected chi connectivity index (χ0v) is 12.0. The summed E-state index contributed by atoms with van der Waals surface area (Å²) in [5, 5.41) is 7.34. The first-order valence-corrected chi connectivity index (χ1v) is 6.69. The molecular weight excluding hydrogens is 260 g/mol. The molecule has 0 radical (unpaired) electrons. The maximum absolute atomic E-state index is 13.9. The molecule has 0 amide bonds. The summed E-state index contributed by atoms with van der Waals surface area (Å²) in [5.41, 5.74) is 2.00. The molecule has 0 saturated heterocycles. The second kappa shape index (κ2) is 6.13. The van der Waals surface area contributed by atoms with Gasteiger partial charge in [0.15, 0.2) is 0 Å². The summed E-state index contributed by atoms with van der Waals surface area (Å²) in [5.74, 6) is -1.05. The van der Waals surface area contributed by atoms with Gasteiger partial charge in [-0.3, -0.25) is 4.68 Å². The van der Waals surface area contributed by atoms with Gasteiger partial charge in [0.1, 0.15) is 11.6 Å². The predicted molar refractivity (Wildman–Crippen MR) is 74.4 cm³/mol. The van der Waals surface area contributed by atoms with E-state index in [0.29, 0.717) is 6.42 Å². The van der Waals surface area contributed by atoms with Gasteiger partial charge in [-0.25, -0.2) is 8.78 Å². The Hall–Kier alpha value is -1.75. The van der Waals surface area contributed by atoms with Gasteiger partial charge in [0, 0.05) is 30.8 Å². The molecule has 3 nitrogen and oxygen atoms in total. The van der Waals surface area contributed by atoms with Crippen LogP contribution in [0.3, 0.4) is 0 Å². The van der Waals surface area contributed by atoms with Crippen LogP contribution in [0.4, 0.5) is 8.78 Å². The Morgan fingerprint density at radius 3 is 2.45 bits per heavy atom.